The average molecular weight is 495 g/mol. The van der Waals surface area contributed by atoms with Gasteiger partial charge in [-0.3, -0.25) is 9.69 Å². The molecule has 1 fully saturated rings. The van der Waals surface area contributed by atoms with Crippen molar-refractivity contribution >= 4 is 28.9 Å². The second kappa shape index (κ2) is 11.6. The molecule has 7 heteroatoms. The molecule has 0 saturated carbocycles. The van der Waals surface area contributed by atoms with Gasteiger partial charge in [0.2, 0.25) is 5.91 Å². The number of benzene rings is 3. The fraction of sp³-hybridized carbons (Fsp3) is 0.321. The van der Waals surface area contributed by atoms with E-state index < -0.39 is 0 Å². The van der Waals surface area contributed by atoms with Gasteiger partial charge < -0.3 is 15.1 Å². The minimum absolute atomic E-state index is 0.00724. The molecule has 1 saturated heterocycles. The average Bonchev–Trinajstić information content (AvgIpc) is 2.87. The fourth-order valence-corrected chi connectivity index (χ4v) is 4.58. The Hall–Kier alpha value is -3.09. The van der Waals surface area contributed by atoms with Gasteiger partial charge >= 0.3 is 0 Å². The van der Waals surface area contributed by atoms with Crippen LogP contribution in [-0.4, -0.2) is 57.6 Å². The zero-order valence-corrected chi connectivity index (χ0v) is 21.0. The SMILES string of the molecule is CN(C)c1ccc([C@@H](CNC(=O)Cc2ccc(Cl)cc2)N2CCN(c3ccc(F)cc3)CC2)cc1. The van der Waals surface area contributed by atoms with E-state index in [9.17, 15) is 9.18 Å². The van der Waals surface area contributed by atoms with Gasteiger partial charge in [0.05, 0.1) is 12.5 Å². The summed E-state index contributed by atoms with van der Waals surface area (Å²) < 4.78 is 13.3. The number of rotatable bonds is 8. The maximum Gasteiger partial charge on any atom is 0.224 e. The van der Waals surface area contributed by atoms with Gasteiger partial charge in [-0.25, -0.2) is 4.39 Å². The first-order valence-corrected chi connectivity index (χ1v) is 12.3. The molecule has 5 nitrogen and oxygen atoms in total. The molecule has 1 aliphatic rings. The van der Waals surface area contributed by atoms with E-state index in [1.54, 1.807) is 12.1 Å². The minimum Gasteiger partial charge on any atom is -0.378 e. The lowest BCUT2D eigenvalue weighted by Gasteiger charge is -2.40. The van der Waals surface area contributed by atoms with Crippen molar-refractivity contribution in [2.45, 2.75) is 12.5 Å². The van der Waals surface area contributed by atoms with Crippen molar-refractivity contribution in [3.63, 3.8) is 0 Å². The summed E-state index contributed by atoms with van der Waals surface area (Å²) in [4.78, 5) is 19.5. The first kappa shape index (κ1) is 25.0. The highest BCUT2D eigenvalue weighted by atomic mass is 35.5. The Balaban J connectivity index is 1.43. The molecule has 3 aromatic carbocycles. The summed E-state index contributed by atoms with van der Waals surface area (Å²) in [5.41, 5.74) is 4.29. The van der Waals surface area contributed by atoms with E-state index in [0.717, 1.165) is 43.1 Å². The largest absolute Gasteiger partial charge is 0.378 e. The summed E-state index contributed by atoms with van der Waals surface area (Å²) in [6.07, 6.45) is 0.321. The Kier molecular flexibility index (Phi) is 8.26. The lowest BCUT2D eigenvalue weighted by molar-refractivity contribution is -0.120. The molecule has 4 rings (SSSR count). The summed E-state index contributed by atoms with van der Waals surface area (Å²) in [6.45, 7) is 3.92. The molecule has 35 heavy (non-hydrogen) atoms. The number of halogens is 2. The van der Waals surface area contributed by atoms with Crippen LogP contribution in [-0.2, 0) is 11.2 Å². The van der Waals surface area contributed by atoms with Crippen molar-refractivity contribution in [1.82, 2.24) is 10.2 Å². The third-order valence-electron chi connectivity index (χ3n) is 6.51. The molecule has 1 N–H and O–H groups in total. The Labute approximate surface area is 212 Å². The normalized spacial score (nSPS) is 15.0. The maximum atomic E-state index is 13.3. The van der Waals surface area contributed by atoms with Gasteiger partial charge in [-0.05, 0) is 59.7 Å². The molecule has 1 heterocycles. The van der Waals surface area contributed by atoms with Gasteiger partial charge in [0.15, 0.2) is 0 Å². The third kappa shape index (κ3) is 6.74. The Morgan fingerprint density at radius 3 is 2.17 bits per heavy atom. The zero-order valence-electron chi connectivity index (χ0n) is 20.3. The quantitative estimate of drug-likeness (QED) is 0.489. The lowest BCUT2D eigenvalue weighted by Crippen LogP contribution is -2.50. The number of hydrogen-bond acceptors (Lipinski definition) is 4. The molecule has 1 aliphatic heterocycles. The molecular formula is C28H32ClFN4O. The van der Waals surface area contributed by atoms with Crippen molar-refractivity contribution < 1.29 is 9.18 Å². The smallest absolute Gasteiger partial charge is 0.224 e. The number of amides is 1. The molecule has 0 aromatic heterocycles. The van der Waals surface area contributed by atoms with E-state index in [-0.39, 0.29) is 17.8 Å². The van der Waals surface area contributed by atoms with Crippen LogP contribution in [0.2, 0.25) is 5.02 Å². The van der Waals surface area contributed by atoms with Crippen LogP contribution in [0.25, 0.3) is 0 Å². The number of anilines is 2. The number of carbonyl (C=O) groups excluding carboxylic acids is 1. The fourth-order valence-electron chi connectivity index (χ4n) is 4.46. The summed E-state index contributed by atoms with van der Waals surface area (Å²) in [6, 6.07) is 22.7. The predicted molar refractivity (Wildman–Crippen MR) is 142 cm³/mol. The number of piperazine rings is 1. The van der Waals surface area contributed by atoms with Crippen molar-refractivity contribution in [3.8, 4) is 0 Å². The molecule has 3 aromatic rings. The van der Waals surface area contributed by atoms with Crippen LogP contribution in [0.1, 0.15) is 17.2 Å². The number of carbonyl (C=O) groups is 1. The van der Waals surface area contributed by atoms with Gasteiger partial charge in [0, 0.05) is 63.2 Å². The highest BCUT2D eigenvalue weighted by molar-refractivity contribution is 6.30. The number of nitrogens with zero attached hydrogens (tertiary/aromatic N) is 3. The summed E-state index contributed by atoms with van der Waals surface area (Å²) in [5.74, 6) is -0.227. The van der Waals surface area contributed by atoms with Crippen LogP contribution < -0.4 is 15.1 Å². The number of hydrogen-bond donors (Lipinski definition) is 1. The summed E-state index contributed by atoms with van der Waals surface area (Å²) >= 11 is 5.96. The number of nitrogens with one attached hydrogen (secondary N) is 1. The van der Waals surface area contributed by atoms with Crippen LogP contribution in [0.3, 0.4) is 0 Å². The summed E-state index contributed by atoms with van der Waals surface area (Å²) in [7, 11) is 4.05. The second-order valence-electron chi connectivity index (χ2n) is 9.11. The van der Waals surface area contributed by atoms with Gasteiger partial charge in [0.1, 0.15) is 5.82 Å². The molecule has 0 spiro atoms. The predicted octanol–water partition coefficient (Wildman–Crippen LogP) is 4.77. The molecule has 1 atom stereocenters. The van der Waals surface area contributed by atoms with E-state index >= 15 is 0 Å². The minimum atomic E-state index is -0.219. The summed E-state index contributed by atoms with van der Waals surface area (Å²) in [5, 5.41) is 3.81. The molecular weight excluding hydrogens is 463 g/mol. The molecule has 184 valence electrons. The van der Waals surface area contributed by atoms with Crippen LogP contribution >= 0.6 is 11.6 Å². The molecule has 1 amide bonds. The third-order valence-corrected chi connectivity index (χ3v) is 6.76. The van der Waals surface area contributed by atoms with Gasteiger partial charge in [-0.15, -0.1) is 0 Å². The lowest BCUT2D eigenvalue weighted by atomic mass is 10.0. The van der Waals surface area contributed by atoms with Crippen LogP contribution in [0.15, 0.2) is 72.8 Å². The molecule has 0 bridgehead atoms. The van der Waals surface area contributed by atoms with Crippen LogP contribution in [0, 0.1) is 5.82 Å². The topological polar surface area (TPSA) is 38.8 Å². The van der Waals surface area contributed by atoms with Crippen molar-refractivity contribution in [2.24, 2.45) is 0 Å². The van der Waals surface area contributed by atoms with E-state index in [2.05, 4.69) is 44.3 Å². The van der Waals surface area contributed by atoms with Crippen LogP contribution in [0.4, 0.5) is 15.8 Å². The van der Waals surface area contributed by atoms with Gasteiger partial charge in [0.25, 0.3) is 0 Å². The standard InChI is InChI=1S/C28H32ClFN4O/c1-32(2)25-11-5-22(6-12-25)27(20-31-28(35)19-21-3-7-23(29)8-4-21)34-17-15-33(16-18-34)26-13-9-24(30)10-14-26/h3-14,27H,15-20H2,1-2H3,(H,31,35)/t27-/m1/s1. The van der Waals surface area contributed by atoms with Crippen molar-refractivity contribution in [3.05, 3.63) is 94.8 Å². The van der Waals surface area contributed by atoms with Crippen LogP contribution in [0.5, 0.6) is 0 Å². The zero-order chi connectivity index (χ0) is 24.8. The monoisotopic (exact) mass is 494 g/mol. The molecule has 0 unspecified atom stereocenters. The van der Waals surface area contributed by atoms with E-state index in [1.807, 2.05) is 38.4 Å². The van der Waals surface area contributed by atoms with Gasteiger partial charge in [-0.1, -0.05) is 35.9 Å². The first-order chi connectivity index (χ1) is 16.9. The highest BCUT2D eigenvalue weighted by Gasteiger charge is 2.26. The Morgan fingerprint density at radius 2 is 1.57 bits per heavy atom. The highest BCUT2D eigenvalue weighted by Crippen LogP contribution is 2.26. The second-order valence-corrected chi connectivity index (χ2v) is 9.54. The van der Waals surface area contributed by atoms with E-state index in [1.165, 1.54) is 17.7 Å². The van der Waals surface area contributed by atoms with Crippen molar-refractivity contribution in [1.29, 1.82) is 0 Å². The van der Waals surface area contributed by atoms with E-state index in [4.69, 9.17) is 11.6 Å². The first-order valence-electron chi connectivity index (χ1n) is 11.9. The molecule has 0 radical (unpaired) electrons. The van der Waals surface area contributed by atoms with Gasteiger partial charge in [-0.2, -0.15) is 0 Å². The van der Waals surface area contributed by atoms with E-state index in [0.29, 0.717) is 18.0 Å². The Morgan fingerprint density at radius 1 is 0.943 bits per heavy atom. The molecule has 0 aliphatic carbocycles. The van der Waals surface area contributed by atoms with Crippen molar-refractivity contribution in [2.75, 3.05) is 56.6 Å². The maximum absolute atomic E-state index is 13.3. The Bertz CT molecular complexity index is 1100.